The molecule has 5 heteroatoms. The Morgan fingerprint density at radius 2 is 2.42 bits per heavy atom. The lowest BCUT2D eigenvalue weighted by Crippen LogP contribution is -2.23. The van der Waals surface area contributed by atoms with Gasteiger partial charge in [-0.2, -0.15) is 11.8 Å². The first-order valence-corrected chi connectivity index (χ1v) is 8.66. The standard InChI is InChI=1S/C14H19N3S2/c1-3-15-13(14-16-5-6-17(14)2)12-8-10-9-18-7-4-11(10)19-12/h5-6,8,13,15H,3-4,7,9H2,1-2H3. The highest BCUT2D eigenvalue weighted by molar-refractivity contribution is 7.98. The summed E-state index contributed by atoms with van der Waals surface area (Å²) in [4.78, 5) is 7.50. The molecule has 1 aliphatic rings. The van der Waals surface area contributed by atoms with Crippen molar-refractivity contribution in [1.82, 2.24) is 14.9 Å². The van der Waals surface area contributed by atoms with Gasteiger partial charge in [0.25, 0.3) is 0 Å². The van der Waals surface area contributed by atoms with Gasteiger partial charge in [-0.1, -0.05) is 6.92 Å². The van der Waals surface area contributed by atoms with Crippen molar-refractivity contribution in [2.75, 3.05) is 12.3 Å². The first-order valence-electron chi connectivity index (χ1n) is 6.69. The van der Waals surface area contributed by atoms with E-state index in [0.29, 0.717) is 0 Å². The largest absolute Gasteiger partial charge is 0.336 e. The molecule has 1 atom stereocenters. The van der Waals surface area contributed by atoms with Crippen molar-refractivity contribution in [3.8, 4) is 0 Å². The van der Waals surface area contributed by atoms with Gasteiger partial charge in [0.05, 0.1) is 0 Å². The molecule has 0 aromatic carbocycles. The van der Waals surface area contributed by atoms with Crippen LogP contribution in [0.1, 0.15) is 34.1 Å². The molecule has 1 N–H and O–H groups in total. The van der Waals surface area contributed by atoms with Crippen molar-refractivity contribution < 1.29 is 0 Å². The highest BCUT2D eigenvalue weighted by atomic mass is 32.2. The Hall–Kier alpha value is -0.780. The highest BCUT2D eigenvalue weighted by Gasteiger charge is 2.22. The average Bonchev–Trinajstić information content (AvgIpc) is 3.02. The van der Waals surface area contributed by atoms with Gasteiger partial charge in [-0.3, -0.25) is 0 Å². The molecule has 3 heterocycles. The van der Waals surface area contributed by atoms with Gasteiger partial charge in [-0.05, 0) is 30.3 Å². The summed E-state index contributed by atoms with van der Waals surface area (Å²) < 4.78 is 2.11. The van der Waals surface area contributed by atoms with E-state index in [0.717, 1.165) is 12.4 Å². The van der Waals surface area contributed by atoms with Gasteiger partial charge in [0.15, 0.2) is 0 Å². The lowest BCUT2D eigenvalue weighted by Gasteiger charge is -2.16. The monoisotopic (exact) mass is 293 g/mol. The van der Waals surface area contributed by atoms with E-state index in [2.05, 4.69) is 34.9 Å². The Kier molecular flexibility index (Phi) is 3.96. The maximum Gasteiger partial charge on any atom is 0.131 e. The van der Waals surface area contributed by atoms with Crippen LogP contribution in [0.4, 0.5) is 0 Å². The predicted molar refractivity (Wildman–Crippen MR) is 82.9 cm³/mol. The molecule has 3 nitrogen and oxygen atoms in total. The molecule has 0 bridgehead atoms. The van der Waals surface area contributed by atoms with Crippen LogP contribution in [0.3, 0.4) is 0 Å². The summed E-state index contributed by atoms with van der Waals surface area (Å²) in [5, 5.41) is 3.57. The minimum absolute atomic E-state index is 0.227. The molecule has 0 amide bonds. The number of aromatic nitrogens is 2. The van der Waals surface area contributed by atoms with Crippen LogP contribution in [-0.2, 0) is 19.2 Å². The van der Waals surface area contributed by atoms with E-state index >= 15 is 0 Å². The van der Waals surface area contributed by atoms with Gasteiger partial charge in [0.1, 0.15) is 11.9 Å². The third kappa shape index (κ3) is 2.59. The second-order valence-corrected chi connectivity index (χ2v) is 7.06. The van der Waals surface area contributed by atoms with Crippen LogP contribution in [0.2, 0.25) is 0 Å². The molecule has 0 radical (unpaired) electrons. The zero-order chi connectivity index (χ0) is 13.2. The van der Waals surface area contributed by atoms with Crippen LogP contribution >= 0.6 is 23.1 Å². The summed E-state index contributed by atoms with van der Waals surface area (Å²) in [7, 11) is 2.07. The summed E-state index contributed by atoms with van der Waals surface area (Å²) in [6.45, 7) is 3.11. The van der Waals surface area contributed by atoms with E-state index in [9.17, 15) is 0 Å². The van der Waals surface area contributed by atoms with Crippen LogP contribution in [0.5, 0.6) is 0 Å². The van der Waals surface area contributed by atoms with Crippen molar-refractivity contribution in [2.24, 2.45) is 7.05 Å². The number of imidazole rings is 1. The molecular weight excluding hydrogens is 274 g/mol. The predicted octanol–water partition coefficient (Wildman–Crippen LogP) is 2.97. The smallest absolute Gasteiger partial charge is 0.131 e. The van der Waals surface area contributed by atoms with E-state index in [4.69, 9.17) is 0 Å². The van der Waals surface area contributed by atoms with Crippen LogP contribution in [0.25, 0.3) is 0 Å². The number of thioether (sulfide) groups is 1. The first kappa shape index (κ1) is 13.2. The molecule has 1 aliphatic heterocycles. The van der Waals surface area contributed by atoms with E-state index in [1.165, 1.54) is 28.4 Å². The molecule has 1 unspecified atom stereocenters. The number of hydrogen-bond donors (Lipinski definition) is 1. The molecule has 2 aromatic heterocycles. The fourth-order valence-electron chi connectivity index (χ4n) is 2.49. The lowest BCUT2D eigenvalue weighted by molar-refractivity contribution is 0.584. The Morgan fingerprint density at radius 3 is 3.11 bits per heavy atom. The topological polar surface area (TPSA) is 29.9 Å². The third-order valence-electron chi connectivity index (χ3n) is 3.46. The molecule has 2 aromatic rings. The normalized spacial score (nSPS) is 16.3. The van der Waals surface area contributed by atoms with E-state index in [1.807, 2.05) is 35.5 Å². The highest BCUT2D eigenvalue weighted by Crippen LogP contribution is 2.36. The minimum Gasteiger partial charge on any atom is -0.336 e. The zero-order valence-corrected chi connectivity index (χ0v) is 13.0. The summed E-state index contributed by atoms with van der Waals surface area (Å²) in [6, 6.07) is 2.61. The number of aryl methyl sites for hydroxylation is 2. The van der Waals surface area contributed by atoms with Gasteiger partial charge in [0, 0.05) is 34.9 Å². The van der Waals surface area contributed by atoms with Crippen LogP contribution < -0.4 is 5.32 Å². The van der Waals surface area contributed by atoms with Crippen molar-refractivity contribution in [1.29, 1.82) is 0 Å². The number of thiophene rings is 1. The molecule has 0 aliphatic carbocycles. The maximum atomic E-state index is 4.52. The second kappa shape index (κ2) is 5.69. The second-order valence-electron chi connectivity index (χ2n) is 4.79. The number of rotatable bonds is 4. The number of hydrogen-bond acceptors (Lipinski definition) is 4. The summed E-state index contributed by atoms with van der Waals surface area (Å²) in [6.07, 6.45) is 5.12. The van der Waals surface area contributed by atoms with Crippen molar-refractivity contribution in [2.45, 2.75) is 25.1 Å². The molecule has 0 fully saturated rings. The number of fused-ring (bicyclic) bond motifs is 1. The van der Waals surface area contributed by atoms with Crippen molar-refractivity contribution >= 4 is 23.1 Å². The van der Waals surface area contributed by atoms with Crippen molar-refractivity contribution in [3.05, 3.63) is 39.6 Å². The van der Waals surface area contributed by atoms with Gasteiger partial charge < -0.3 is 9.88 Å². The van der Waals surface area contributed by atoms with E-state index in [1.54, 1.807) is 4.88 Å². The van der Waals surface area contributed by atoms with Gasteiger partial charge in [-0.25, -0.2) is 4.98 Å². The molecule has 3 rings (SSSR count). The fourth-order valence-corrected chi connectivity index (χ4v) is 4.94. The van der Waals surface area contributed by atoms with Crippen LogP contribution in [0.15, 0.2) is 18.5 Å². The first-order chi connectivity index (χ1) is 9.29. The molecular formula is C14H19N3S2. The van der Waals surface area contributed by atoms with Crippen molar-refractivity contribution in [3.63, 3.8) is 0 Å². The van der Waals surface area contributed by atoms with Crippen LogP contribution in [-0.4, -0.2) is 21.8 Å². The van der Waals surface area contributed by atoms with E-state index < -0.39 is 0 Å². The number of nitrogens with zero attached hydrogens (tertiary/aromatic N) is 2. The number of nitrogens with one attached hydrogen (secondary N) is 1. The Labute approximate surface area is 122 Å². The average molecular weight is 293 g/mol. The fraction of sp³-hybridized carbons (Fsp3) is 0.500. The SMILES string of the molecule is CCNC(c1cc2c(s1)CCSC2)c1nccn1C. The lowest BCUT2D eigenvalue weighted by atomic mass is 10.1. The van der Waals surface area contributed by atoms with Gasteiger partial charge in [0.2, 0.25) is 0 Å². The summed E-state index contributed by atoms with van der Waals surface area (Å²) in [5.74, 6) is 3.54. The molecule has 102 valence electrons. The zero-order valence-electron chi connectivity index (χ0n) is 11.3. The summed E-state index contributed by atoms with van der Waals surface area (Å²) >= 11 is 4.00. The van der Waals surface area contributed by atoms with E-state index in [-0.39, 0.29) is 6.04 Å². The Bertz CT molecular complexity index is 535. The maximum absolute atomic E-state index is 4.52. The molecule has 19 heavy (non-hydrogen) atoms. The van der Waals surface area contributed by atoms with Crippen LogP contribution in [0, 0.1) is 0 Å². The van der Waals surface area contributed by atoms with Gasteiger partial charge >= 0.3 is 0 Å². The summed E-state index contributed by atoms with van der Waals surface area (Å²) in [5.41, 5.74) is 1.54. The Morgan fingerprint density at radius 1 is 1.53 bits per heavy atom. The molecule has 0 saturated carbocycles. The third-order valence-corrected chi connectivity index (χ3v) is 5.77. The molecule has 0 saturated heterocycles. The Balaban J connectivity index is 1.96. The minimum atomic E-state index is 0.227. The molecule has 0 spiro atoms. The van der Waals surface area contributed by atoms with Gasteiger partial charge in [-0.15, -0.1) is 11.3 Å². The quantitative estimate of drug-likeness (QED) is 0.940.